The topological polar surface area (TPSA) is 58.1 Å². The molecule has 0 spiro atoms. The molecule has 0 aliphatic rings. The second kappa shape index (κ2) is 13.5. The first-order valence-electron chi connectivity index (χ1n) is 9.09. The molecule has 2 N–H and O–H groups in total. The van der Waals surface area contributed by atoms with E-state index in [1.165, 1.54) is 12.1 Å². The maximum atomic E-state index is 13.2. The average molecular weight is 368 g/mol. The smallest absolute Gasteiger partial charge is 0.191 e. The Morgan fingerprint density at radius 2 is 1.88 bits per heavy atom. The van der Waals surface area contributed by atoms with Gasteiger partial charge in [0.05, 0.1) is 25.8 Å². The number of guanidine groups is 1. The molecule has 6 nitrogen and oxygen atoms in total. The van der Waals surface area contributed by atoms with Crippen molar-refractivity contribution in [1.29, 1.82) is 0 Å². The van der Waals surface area contributed by atoms with Gasteiger partial charge in [-0.15, -0.1) is 0 Å². The highest BCUT2D eigenvalue weighted by atomic mass is 19.1. The Hall–Kier alpha value is -1.70. The summed E-state index contributed by atoms with van der Waals surface area (Å²) in [4.78, 5) is 6.77. The van der Waals surface area contributed by atoms with Gasteiger partial charge in [0.25, 0.3) is 0 Å². The van der Waals surface area contributed by atoms with Crippen LogP contribution in [-0.2, 0) is 9.47 Å². The summed E-state index contributed by atoms with van der Waals surface area (Å²) in [6, 6.07) is 6.69. The molecule has 1 unspecified atom stereocenters. The van der Waals surface area contributed by atoms with Gasteiger partial charge in [0, 0.05) is 26.8 Å². The largest absolute Gasteiger partial charge is 0.382 e. The van der Waals surface area contributed by atoms with Crippen LogP contribution in [0, 0.1) is 5.82 Å². The minimum Gasteiger partial charge on any atom is -0.382 e. The van der Waals surface area contributed by atoms with Crippen LogP contribution in [0.2, 0.25) is 0 Å². The Kier molecular flexibility index (Phi) is 11.6. The first-order chi connectivity index (χ1) is 12.6. The van der Waals surface area contributed by atoms with Gasteiger partial charge in [0.1, 0.15) is 5.82 Å². The van der Waals surface area contributed by atoms with Crippen molar-refractivity contribution in [2.75, 3.05) is 60.7 Å². The fourth-order valence-corrected chi connectivity index (χ4v) is 2.40. The molecule has 148 valence electrons. The van der Waals surface area contributed by atoms with Crippen molar-refractivity contribution in [2.24, 2.45) is 4.99 Å². The third-order valence-electron chi connectivity index (χ3n) is 3.83. The van der Waals surface area contributed by atoms with Crippen molar-refractivity contribution >= 4 is 5.96 Å². The molecule has 0 saturated carbocycles. The minimum absolute atomic E-state index is 0.0865. The van der Waals surface area contributed by atoms with Crippen molar-refractivity contribution in [3.05, 3.63) is 35.6 Å². The Labute approximate surface area is 156 Å². The molecule has 1 aromatic carbocycles. The molecule has 1 atom stereocenters. The van der Waals surface area contributed by atoms with E-state index in [1.54, 1.807) is 7.11 Å². The Bertz CT molecular complexity index is 509. The average Bonchev–Trinajstić information content (AvgIpc) is 2.62. The fraction of sp³-hybridized carbons (Fsp3) is 0.632. The summed E-state index contributed by atoms with van der Waals surface area (Å²) in [5.41, 5.74) is 1.04. The summed E-state index contributed by atoms with van der Waals surface area (Å²) in [6.45, 7) is 6.11. The van der Waals surface area contributed by atoms with Gasteiger partial charge in [-0.3, -0.25) is 4.99 Å². The molecule has 0 radical (unpaired) electrons. The lowest BCUT2D eigenvalue weighted by Crippen LogP contribution is -2.38. The minimum atomic E-state index is -0.225. The third kappa shape index (κ3) is 9.12. The lowest BCUT2D eigenvalue weighted by Gasteiger charge is -2.23. The van der Waals surface area contributed by atoms with Crippen LogP contribution in [0.5, 0.6) is 0 Å². The second-order valence-corrected chi connectivity index (χ2v) is 6.14. The Morgan fingerprint density at radius 1 is 1.15 bits per heavy atom. The first kappa shape index (κ1) is 22.3. The number of rotatable bonds is 12. The van der Waals surface area contributed by atoms with E-state index in [0.29, 0.717) is 26.4 Å². The van der Waals surface area contributed by atoms with E-state index >= 15 is 0 Å². The number of nitrogens with one attached hydrogen (secondary N) is 2. The molecule has 26 heavy (non-hydrogen) atoms. The predicted molar refractivity (Wildman–Crippen MR) is 104 cm³/mol. The maximum Gasteiger partial charge on any atom is 0.191 e. The van der Waals surface area contributed by atoms with Crippen molar-refractivity contribution in [3.8, 4) is 0 Å². The maximum absolute atomic E-state index is 13.2. The molecule has 0 aliphatic heterocycles. The molecular formula is C19H33FN4O2. The van der Waals surface area contributed by atoms with E-state index in [0.717, 1.165) is 31.0 Å². The van der Waals surface area contributed by atoms with Crippen LogP contribution in [0.3, 0.4) is 0 Å². The standard InChI is InChI=1S/C19H33FN4O2/c1-5-21-19(22-11-6-12-26-14-13-25-4)23-15-18(24(2)3)16-7-9-17(20)10-8-16/h7-10,18H,5-6,11-15H2,1-4H3,(H2,21,22,23). The van der Waals surface area contributed by atoms with Gasteiger partial charge < -0.3 is 25.0 Å². The Balaban J connectivity index is 2.52. The quantitative estimate of drug-likeness (QED) is 0.336. The van der Waals surface area contributed by atoms with Crippen molar-refractivity contribution < 1.29 is 13.9 Å². The molecule has 0 bridgehead atoms. The highest BCUT2D eigenvalue weighted by Gasteiger charge is 2.14. The zero-order valence-corrected chi connectivity index (χ0v) is 16.4. The third-order valence-corrected chi connectivity index (χ3v) is 3.83. The molecular weight excluding hydrogens is 335 g/mol. The van der Waals surface area contributed by atoms with Gasteiger partial charge in [-0.2, -0.15) is 0 Å². The van der Waals surface area contributed by atoms with Crippen LogP contribution in [0.1, 0.15) is 24.9 Å². The van der Waals surface area contributed by atoms with Gasteiger partial charge in [-0.25, -0.2) is 4.39 Å². The van der Waals surface area contributed by atoms with E-state index in [1.807, 2.05) is 33.2 Å². The fourth-order valence-electron chi connectivity index (χ4n) is 2.40. The van der Waals surface area contributed by atoms with Crippen LogP contribution in [0.15, 0.2) is 29.3 Å². The van der Waals surface area contributed by atoms with Gasteiger partial charge in [-0.05, 0) is 45.1 Å². The van der Waals surface area contributed by atoms with Gasteiger partial charge >= 0.3 is 0 Å². The van der Waals surface area contributed by atoms with Crippen LogP contribution in [-0.4, -0.2) is 71.5 Å². The predicted octanol–water partition coefficient (Wildman–Crippen LogP) is 2.04. The van der Waals surface area contributed by atoms with Gasteiger partial charge in [-0.1, -0.05) is 12.1 Å². The molecule has 7 heteroatoms. The number of halogens is 1. The molecule has 0 amide bonds. The van der Waals surface area contributed by atoms with E-state index < -0.39 is 0 Å². The number of methoxy groups -OCH3 is 1. The summed E-state index contributed by atoms with van der Waals surface area (Å²) in [6.07, 6.45) is 0.892. The highest BCUT2D eigenvalue weighted by molar-refractivity contribution is 5.79. The van der Waals surface area contributed by atoms with E-state index in [-0.39, 0.29) is 11.9 Å². The van der Waals surface area contributed by atoms with E-state index in [2.05, 4.69) is 20.5 Å². The number of ether oxygens (including phenoxy) is 2. The van der Waals surface area contributed by atoms with Crippen LogP contribution >= 0.6 is 0 Å². The van der Waals surface area contributed by atoms with E-state index in [9.17, 15) is 4.39 Å². The number of hydrogen-bond acceptors (Lipinski definition) is 4. The zero-order valence-electron chi connectivity index (χ0n) is 16.4. The number of nitrogens with zero attached hydrogens (tertiary/aromatic N) is 2. The van der Waals surface area contributed by atoms with Crippen molar-refractivity contribution in [1.82, 2.24) is 15.5 Å². The van der Waals surface area contributed by atoms with Crippen LogP contribution < -0.4 is 10.6 Å². The van der Waals surface area contributed by atoms with Gasteiger partial charge in [0.2, 0.25) is 0 Å². The molecule has 0 aliphatic carbocycles. The molecule has 1 aromatic rings. The van der Waals surface area contributed by atoms with Crippen LogP contribution in [0.25, 0.3) is 0 Å². The summed E-state index contributed by atoms with van der Waals surface area (Å²) < 4.78 is 23.5. The zero-order chi connectivity index (χ0) is 19.2. The monoisotopic (exact) mass is 368 g/mol. The summed E-state index contributed by atoms with van der Waals surface area (Å²) in [5, 5.41) is 6.56. The van der Waals surface area contributed by atoms with Crippen LogP contribution in [0.4, 0.5) is 4.39 Å². The number of aliphatic imine (C=N–C) groups is 1. The summed E-state index contributed by atoms with van der Waals surface area (Å²) in [7, 11) is 5.67. The Morgan fingerprint density at radius 3 is 2.50 bits per heavy atom. The van der Waals surface area contributed by atoms with Crippen molar-refractivity contribution in [3.63, 3.8) is 0 Å². The van der Waals surface area contributed by atoms with E-state index in [4.69, 9.17) is 9.47 Å². The number of benzene rings is 1. The number of likely N-dealkylation sites (N-methyl/N-ethyl adjacent to an activating group) is 1. The summed E-state index contributed by atoms with van der Waals surface area (Å²) in [5.74, 6) is 0.552. The SMILES string of the molecule is CCNC(=NCC(c1ccc(F)cc1)N(C)C)NCCCOCCOC. The molecule has 0 saturated heterocycles. The summed E-state index contributed by atoms with van der Waals surface area (Å²) >= 11 is 0. The lowest BCUT2D eigenvalue weighted by atomic mass is 10.1. The van der Waals surface area contributed by atoms with Crippen molar-refractivity contribution in [2.45, 2.75) is 19.4 Å². The first-order valence-corrected chi connectivity index (χ1v) is 9.09. The van der Waals surface area contributed by atoms with Gasteiger partial charge in [0.15, 0.2) is 5.96 Å². The molecule has 0 fully saturated rings. The number of hydrogen-bond donors (Lipinski definition) is 2. The molecule has 1 rings (SSSR count). The lowest BCUT2D eigenvalue weighted by molar-refractivity contribution is 0.0698. The molecule has 0 heterocycles. The second-order valence-electron chi connectivity index (χ2n) is 6.14. The normalized spacial score (nSPS) is 13.1. The highest BCUT2D eigenvalue weighted by Crippen LogP contribution is 2.18. The molecule has 0 aromatic heterocycles.